The molecule has 0 aliphatic carbocycles. The summed E-state index contributed by atoms with van der Waals surface area (Å²) in [6.45, 7) is 10.7. The third-order valence-corrected chi connectivity index (χ3v) is 7.42. The lowest BCUT2D eigenvalue weighted by molar-refractivity contribution is -0.144. The number of carbonyl (C=O) groups excluding carboxylic acids is 2. The summed E-state index contributed by atoms with van der Waals surface area (Å²) in [5.74, 6) is -0.513. The van der Waals surface area contributed by atoms with Crippen LogP contribution in [-0.4, -0.2) is 39.4 Å². The molecule has 1 unspecified atom stereocenters. The van der Waals surface area contributed by atoms with Crippen LogP contribution in [0, 0.1) is 0 Å². The summed E-state index contributed by atoms with van der Waals surface area (Å²) in [5, 5.41) is 2.68. The van der Waals surface area contributed by atoms with Crippen molar-refractivity contribution >= 4 is 20.1 Å². The molecule has 0 saturated heterocycles. The van der Waals surface area contributed by atoms with E-state index in [0.29, 0.717) is 6.42 Å². The zero-order chi connectivity index (χ0) is 22.0. The van der Waals surface area contributed by atoms with Gasteiger partial charge >= 0.3 is 12.1 Å². The standard InChI is InChI=1S/C24H31NO4Si/c1-5-16-28-23(26)21(17-19-12-8-6-9-13-19)25-24(27)29-18-22(30(2,3)4)20-14-10-7-11-15-20/h5-15,21-22H,1,16-18H2,2-4H3,(H,25,27)/t21-,22?/m0/s1. The van der Waals surface area contributed by atoms with Crippen molar-refractivity contribution in [2.24, 2.45) is 0 Å². The Morgan fingerprint density at radius 1 is 1.00 bits per heavy atom. The predicted octanol–water partition coefficient (Wildman–Crippen LogP) is 4.71. The first-order chi connectivity index (χ1) is 14.3. The SMILES string of the molecule is C=CCOC(=O)[C@H](Cc1ccccc1)NC(=O)OCC(c1ccccc1)[Si](C)(C)C. The number of amides is 1. The zero-order valence-corrected chi connectivity index (χ0v) is 19.0. The summed E-state index contributed by atoms with van der Waals surface area (Å²) in [5.41, 5.74) is 2.24. The molecule has 0 aliphatic heterocycles. The second-order valence-electron chi connectivity index (χ2n) is 8.23. The summed E-state index contributed by atoms with van der Waals surface area (Å²) in [4.78, 5) is 25.0. The molecule has 1 N–H and O–H groups in total. The number of hydrogen-bond donors (Lipinski definition) is 1. The van der Waals surface area contributed by atoms with E-state index in [-0.39, 0.29) is 18.8 Å². The molecule has 0 heterocycles. The summed E-state index contributed by atoms with van der Waals surface area (Å²) in [7, 11) is -1.64. The molecule has 0 aliphatic rings. The highest BCUT2D eigenvalue weighted by molar-refractivity contribution is 6.77. The maximum absolute atomic E-state index is 12.5. The average molecular weight is 426 g/mol. The molecule has 160 valence electrons. The Balaban J connectivity index is 2.04. The van der Waals surface area contributed by atoms with Gasteiger partial charge in [0.05, 0.1) is 14.7 Å². The normalized spacial score (nSPS) is 13.0. The van der Waals surface area contributed by atoms with Crippen molar-refractivity contribution in [3.05, 3.63) is 84.4 Å². The topological polar surface area (TPSA) is 64.6 Å². The van der Waals surface area contributed by atoms with Gasteiger partial charge in [-0.15, -0.1) is 0 Å². The second kappa shape index (κ2) is 11.4. The number of carbonyl (C=O) groups is 2. The quantitative estimate of drug-likeness (QED) is 0.340. The number of benzene rings is 2. The molecule has 5 nitrogen and oxygen atoms in total. The van der Waals surface area contributed by atoms with Gasteiger partial charge in [0.15, 0.2) is 0 Å². The molecule has 0 saturated carbocycles. The molecular weight excluding hydrogens is 394 g/mol. The van der Waals surface area contributed by atoms with Gasteiger partial charge in [-0.2, -0.15) is 0 Å². The molecule has 0 bridgehead atoms. The first-order valence-electron chi connectivity index (χ1n) is 10.1. The van der Waals surface area contributed by atoms with Gasteiger partial charge in [-0.25, -0.2) is 9.59 Å². The van der Waals surface area contributed by atoms with Crippen LogP contribution in [0.1, 0.15) is 16.7 Å². The van der Waals surface area contributed by atoms with E-state index in [0.717, 1.165) is 11.1 Å². The van der Waals surface area contributed by atoms with E-state index in [1.165, 1.54) is 6.08 Å². The molecule has 0 fully saturated rings. The van der Waals surface area contributed by atoms with E-state index in [4.69, 9.17) is 9.47 Å². The lowest BCUT2D eigenvalue weighted by atomic mass is 10.1. The van der Waals surface area contributed by atoms with Gasteiger partial charge in [-0.05, 0) is 11.1 Å². The lowest BCUT2D eigenvalue weighted by Crippen LogP contribution is -2.44. The predicted molar refractivity (Wildman–Crippen MR) is 122 cm³/mol. The average Bonchev–Trinajstić information content (AvgIpc) is 2.72. The summed E-state index contributed by atoms with van der Waals surface area (Å²) >= 11 is 0. The van der Waals surface area contributed by atoms with Gasteiger partial charge < -0.3 is 14.8 Å². The smallest absolute Gasteiger partial charge is 0.407 e. The summed E-state index contributed by atoms with van der Waals surface area (Å²) in [6, 6.07) is 18.7. The summed E-state index contributed by atoms with van der Waals surface area (Å²) < 4.78 is 10.7. The molecule has 2 atom stereocenters. The highest BCUT2D eigenvalue weighted by Gasteiger charge is 2.30. The minimum atomic E-state index is -1.64. The number of rotatable bonds is 10. The summed E-state index contributed by atoms with van der Waals surface area (Å²) in [6.07, 6.45) is 1.20. The maximum atomic E-state index is 12.5. The van der Waals surface area contributed by atoms with E-state index in [9.17, 15) is 9.59 Å². The van der Waals surface area contributed by atoms with Crippen molar-refractivity contribution in [1.29, 1.82) is 0 Å². The van der Waals surface area contributed by atoms with E-state index < -0.39 is 26.2 Å². The van der Waals surface area contributed by atoms with Crippen LogP contribution in [-0.2, 0) is 20.7 Å². The zero-order valence-electron chi connectivity index (χ0n) is 18.0. The Kier molecular flexibility index (Phi) is 8.86. The highest BCUT2D eigenvalue weighted by Crippen LogP contribution is 2.27. The molecule has 0 aromatic heterocycles. The Bertz CT molecular complexity index is 818. The van der Waals surface area contributed by atoms with Gasteiger partial charge in [0, 0.05) is 12.0 Å². The van der Waals surface area contributed by atoms with E-state index in [2.05, 4.69) is 43.7 Å². The molecule has 6 heteroatoms. The minimum Gasteiger partial charge on any atom is -0.460 e. The van der Waals surface area contributed by atoms with Crippen LogP contribution in [0.2, 0.25) is 19.6 Å². The van der Waals surface area contributed by atoms with Gasteiger partial charge in [-0.3, -0.25) is 0 Å². The van der Waals surface area contributed by atoms with Gasteiger partial charge in [-0.1, -0.05) is 93.0 Å². The highest BCUT2D eigenvalue weighted by atomic mass is 28.3. The monoisotopic (exact) mass is 425 g/mol. The number of ether oxygens (including phenoxy) is 2. The van der Waals surface area contributed by atoms with Crippen LogP contribution in [0.15, 0.2) is 73.3 Å². The molecule has 0 spiro atoms. The third-order valence-electron chi connectivity index (χ3n) is 4.83. The van der Waals surface area contributed by atoms with Gasteiger partial charge in [0.1, 0.15) is 12.6 Å². The number of nitrogens with one attached hydrogen (secondary N) is 1. The molecule has 1 amide bonds. The van der Waals surface area contributed by atoms with Crippen molar-refractivity contribution in [1.82, 2.24) is 5.32 Å². The fourth-order valence-electron chi connectivity index (χ4n) is 3.16. The van der Waals surface area contributed by atoms with E-state index in [1.807, 2.05) is 48.5 Å². The van der Waals surface area contributed by atoms with Crippen molar-refractivity contribution in [3.63, 3.8) is 0 Å². The Hall–Kier alpha value is -2.86. The molecule has 0 radical (unpaired) electrons. The van der Waals surface area contributed by atoms with E-state index >= 15 is 0 Å². The first kappa shape index (κ1) is 23.4. The molecule has 2 aromatic rings. The lowest BCUT2D eigenvalue weighted by Gasteiger charge is -2.29. The number of hydrogen-bond acceptors (Lipinski definition) is 4. The van der Waals surface area contributed by atoms with Crippen LogP contribution >= 0.6 is 0 Å². The number of alkyl carbamates (subject to hydrolysis) is 1. The second-order valence-corrected chi connectivity index (χ2v) is 13.7. The molecule has 30 heavy (non-hydrogen) atoms. The van der Waals surface area contributed by atoms with Crippen molar-refractivity contribution in [2.45, 2.75) is 37.6 Å². The van der Waals surface area contributed by atoms with Crippen LogP contribution in [0.25, 0.3) is 0 Å². The largest absolute Gasteiger partial charge is 0.460 e. The van der Waals surface area contributed by atoms with Crippen LogP contribution in [0.3, 0.4) is 0 Å². The Labute approximate surface area is 180 Å². The molecule has 2 aromatic carbocycles. The van der Waals surface area contributed by atoms with Crippen molar-refractivity contribution in [3.8, 4) is 0 Å². The molecule has 2 rings (SSSR count). The van der Waals surface area contributed by atoms with E-state index in [1.54, 1.807) is 0 Å². The van der Waals surface area contributed by atoms with Gasteiger partial charge in [0.2, 0.25) is 0 Å². The van der Waals surface area contributed by atoms with Crippen LogP contribution in [0.5, 0.6) is 0 Å². The molecular formula is C24H31NO4Si. The fraction of sp³-hybridized carbons (Fsp3) is 0.333. The van der Waals surface area contributed by atoms with Gasteiger partial charge in [0.25, 0.3) is 0 Å². The van der Waals surface area contributed by atoms with Crippen molar-refractivity contribution in [2.75, 3.05) is 13.2 Å². The van der Waals surface area contributed by atoms with Crippen LogP contribution < -0.4 is 5.32 Å². The maximum Gasteiger partial charge on any atom is 0.407 e. The van der Waals surface area contributed by atoms with Crippen LogP contribution in [0.4, 0.5) is 4.79 Å². The third kappa shape index (κ3) is 7.52. The Morgan fingerprint density at radius 3 is 2.17 bits per heavy atom. The van der Waals surface area contributed by atoms with Crippen molar-refractivity contribution < 1.29 is 19.1 Å². The first-order valence-corrected chi connectivity index (χ1v) is 13.7. The number of esters is 1. The Morgan fingerprint density at radius 2 is 1.60 bits per heavy atom. The minimum absolute atomic E-state index is 0.0898. The fourth-order valence-corrected chi connectivity index (χ4v) is 4.94.